The second kappa shape index (κ2) is 4.65. The van der Waals surface area contributed by atoms with Gasteiger partial charge in [0.2, 0.25) is 0 Å². The first-order valence-electron chi connectivity index (χ1n) is 6.06. The number of carboxylic acids is 1. The summed E-state index contributed by atoms with van der Waals surface area (Å²) >= 11 is 1.99. The van der Waals surface area contributed by atoms with Gasteiger partial charge in [-0.3, -0.25) is 4.40 Å². The predicted octanol–water partition coefficient (Wildman–Crippen LogP) is 2.47. The van der Waals surface area contributed by atoms with Crippen molar-refractivity contribution in [1.29, 1.82) is 0 Å². The molecule has 3 heterocycles. The number of nitrogens with zero attached hydrogens (tertiary/aromatic N) is 2. The van der Waals surface area contributed by atoms with E-state index in [0.29, 0.717) is 10.9 Å². The smallest absolute Gasteiger partial charge is 0.352 e. The first-order valence-corrected chi connectivity index (χ1v) is 7.11. The molecule has 1 aliphatic rings. The molecule has 1 saturated heterocycles. The molecule has 1 aliphatic heterocycles. The summed E-state index contributed by atoms with van der Waals surface area (Å²) in [5.74, 6) is 0.318. The average Bonchev–Trinajstić information content (AvgIpc) is 2.96. The Hall–Kier alpha value is -1.49. The second-order valence-corrected chi connectivity index (χ2v) is 5.92. The van der Waals surface area contributed by atoms with Crippen LogP contribution in [0.5, 0.6) is 0 Å². The SMILES string of the molecule is O=C(O)c1cccc2nc(CC3CCCS3)cn12. The fraction of sp³-hybridized carbons (Fsp3) is 0.385. The number of carbonyl (C=O) groups is 1. The molecule has 2 aromatic heterocycles. The summed E-state index contributed by atoms with van der Waals surface area (Å²) in [6, 6.07) is 5.18. The first-order chi connectivity index (χ1) is 8.74. The van der Waals surface area contributed by atoms with E-state index in [1.807, 2.05) is 24.0 Å². The molecule has 0 spiro atoms. The van der Waals surface area contributed by atoms with Gasteiger partial charge in [0.05, 0.1) is 5.69 Å². The van der Waals surface area contributed by atoms with E-state index in [4.69, 9.17) is 5.11 Å². The zero-order valence-electron chi connectivity index (χ0n) is 9.87. The van der Waals surface area contributed by atoms with Crippen LogP contribution < -0.4 is 0 Å². The number of rotatable bonds is 3. The third-order valence-electron chi connectivity index (χ3n) is 3.22. The Kier molecular flexibility index (Phi) is 2.99. The highest BCUT2D eigenvalue weighted by atomic mass is 32.2. The van der Waals surface area contributed by atoms with E-state index in [1.54, 1.807) is 16.5 Å². The number of hydrogen-bond acceptors (Lipinski definition) is 3. The lowest BCUT2D eigenvalue weighted by Gasteiger charge is -2.03. The van der Waals surface area contributed by atoms with Gasteiger partial charge in [-0.15, -0.1) is 0 Å². The van der Waals surface area contributed by atoms with Gasteiger partial charge in [-0.25, -0.2) is 9.78 Å². The zero-order valence-corrected chi connectivity index (χ0v) is 10.7. The molecule has 1 atom stereocenters. The van der Waals surface area contributed by atoms with Crippen molar-refractivity contribution >= 4 is 23.4 Å². The van der Waals surface area contributed by atoms with Gasteiger partial charge < -0.3 is 5.11 Å². The summed E-state index contributed by atoms with van der Waals surface area (Å²) in [4.78, 5) is 15.6. The van der Waals surface area contributed by atoms with Crippen LogP contribution in [0.3, 0.4) is 0 Å². The van der Waals surface area contributed by atoms with Crippen LogP contribution in [-0.4, -0.2) is 31.5 Å². The molecule has 4 nitrogen and oxygen atoms in total. The molecular formula is C13H14N2O2S. The Morgan fingerprint density at radius 2 is 2.44 bits per heavy atom. The van der Waals surface area contributed by atoms with Crippen LogP contribution in [-0.2, 0) is 6.42 Å². The summed E-state index contributed by atoms with van der Waals surface area (Å²) < 4.78 is 1.66. The van der Waals surface area contributed by atoms with Crippen LogP contribution in [0.25, 0.3) is 5.65 Å². The monoisotopic (exact) mass is 262 g/mol. The van der Waals surface area contributed by atoms with Gasteiger partial charge in [-0.05, 0) is 30.7 Å². The van der Waals surface area contributed by atoms with Gasteiger partial charge in [0.15, 0.2) is 0 Å². The molecule has 1 fully saturated rings. The van der Waals surface area contributed by atoms with Crippen molar-refractivity contribution in [2.24, 2.45) is 0 Å². The Labute approximate surface area is 109 Å². The Morgan fingerprint density at radius 3 is 3.17 bits per heavy atom. The largest absolute Gasteiger partial charge is 0.477 e. The molecule has 0 saturated carbocycles. The second-order valence-electron chi connectivity index (χ2n) is 4.52. The lowest BCUT2D eigenvalue weighted by Crippen LogP contribution is -2.04. The topological polar surface area (TPSA) is 54.6 Å². The number of carboxylic acid groups (broad SMARTS) is 1. The lowest BCUT2D eigenvalue weighted by molar-refractivity contribution is 0.0689. The minimum atomic E-state index is -0.917. The third-order valence-corrected chi connectivity index (χ3v) is 4.62. The Bertz CT molecular complexity index is 588. The fourth-order valence-electron chi connectivity index (χ4n) is 2.37. The van der Waals surface area contributed by atoms with E-state index in [0.717, 1.165) is 12.1 Å². The van der Waals surface area contributed by atoms with E-state index in [-0.39, 0.29) is 5.69 Å². The Morgan fingerprint density at radius 1 is 1.56 bits per heavy atom. The summed E-state index contributed by atoms with van der Waals surface area (Å²) in [7, 11) is 0. The highest BCUT2D eigenvalue weighted by Crippen LogP contribution is 2.28. The first kappa shape index (κ1) is 11.6. The van der Waals surface area contributed by atoms with E-state index in [1.165, 1.54) is 18.6 Å². The average molecular weight is 262 g/mol. The minimum Gasteiger partial charge on any atom is -0.477 e. The molecule has 0 amide bonds. The molecule has 0 aromatic carbocycles. The number of hydrogen-bond donors (Lipinski definition) is 1. The molecule has 3 rings (SSSR count). The van der Waals surface area contributed by atoms with E-state index >= 15 is 0 Å². The van der Waals surface area contributed by atoms with Gasteiger partial charge in [0.25, 0.3) is 0 Å². The molecule has 2 aromatic rings. The number of aromatic nitrogens is 2. The number of pyridine rings is 1. The zero-order chi connectivity index (χ0) is 12.5. The molecule has 18 heavy (non-hydrogen) atoms. The Balaban J connectivity index is 1.94. The van der Waals surface area contributed by atoms with Crippen LogP contribution in [0.4, 0.5) is 0 Å². The van der Waals surface area contributed by atoms with Crippen LogP contribution in [0.2, 0.25) is 0 Å². The highest BCUT2D eigenvalue weighted by Gasteiger charge is 2.18. The normalized spacial score (nSPS) is 19.4. The lowest BCUT2D eigenvalue weighted by atomic mass is 10.2. The van der Waals surface area contributed by atoms with Crippen LogP contribution in [0, 0.1) is 0 Å². The van der Waals surface area contributed by atoms with Crippen molar-refractivity contribution in [2.75, 3.05) is 5.75 Å². The van der Waals surface area contributed by atoms with Crippen LogP contribution >= 0.6 is 11.8 Å². The highest BCUT2D eigenvalue weighted by molar-refractivity contribution is 8.00. The summed E-state index contributed by atoms with van der Waals surface area (Å²) in [6.07, 6.45) is 5.32. The van der Waals surface area contributed by atoms with E-state index in [9.17, 15) is 4.79 Å². The molecule has 94 valence electrons. The number of thioether (sulfide) groups is 1. The van der Waals surface area contributed by atoms with E-state index < -0.39 is 5.97 Å². The van der Waals surface area contributed by atoms with Gasteiger partial charge in [-0.2, -0.15) is 11.8 Å². The van der Waals surface area contributed by atoms with Gasteiger partial charge in [0, 0.05) is 17.9 Å². The maximum atomic E-state index is 11.1. The number of fused-ring (bicyclic) bond motifs is 1. The van der Waals surface area contributed by atoms with Crippen molar-refractivity contribution in [3.8, 4) is 0 Å². The third kappa shape index (κ3) is 2.10. The molecule has 1 unspecified atom stereocenters. The van der Waals surface area contributed by atoms with Crippen molar-refractivity contribution < 1.29 is 9.90 Å². The number of imidazole rings is 1. The standard InChI is InChI=1S/C13H14N2O2S/c16-13(17)11-4-1-5-12-14-9(8-15(11)12)7-10-3-2-6-18-10/h1,4-5,8,10H,2-3,6-7H2,(H,16,17). The summed E-state index contributed by atoms with van der Waals surface area (Å²) in [5.41, 5.74) is 1.97. The van der Waals surface area contributed by atoms with Gasteiger partial charge in [-0.1, -0.05) is 6.07 Å². The van der Waals surface area contributed by atoms with Crippen molar-refractivity contribution in [3.05, 3.63) is 35.8 Å². The molecule has 0 radical (unpaired) electrons. The van der Waals surface area contributed by atoms with Crippen LogP contribution in [0.15, 0.2) is 24.4 Å². The fourth-order valence-corrected chi connectivity index (χ4v) is 3.66. The molecule has 0 aliphatic carbocycles. The van der Waals surface area contributed by atoms with Gasteiger partial charge in [0.1, 0.15) is 11.3 Å². The van der Waals surface area contributed by atoms with Crippen molar-refractivity contribution in [2.45, 2.75) is 24.5 Å². The van der Waals surface area contributed by atoms with E-state index in [2.05, 4.69) is 4.98 Å². The molecular weight excluding hydrogens is 248 g/mol. The van der Waals surface area contributed by atoms with Gasteiger partial charge >= 0.3 is 5.97 Å². The molecule has 1 N–H and O–H groups in total. The van der Waals surface area contributed by atoms with Crippen molar-refractivity contribution in [3.63, 3.8) is 0 Å². The number of aromatic carboxylic acids is 1. The van der Waals surface area contributed by atoms with Crippen molar-refractivity contribution in [1.82, 2.24) is 9.38 Å². The van der Waals surface area contributed by atoms with Crippen LogP contribution in [0.1, 0.15) is 29.0 Å². The summed E-state index contributed by atoms with van der Waals surface area (Å²) in [5, 5.41) is 9.77. The molecule has 5 heteroatoms. The maximum Gasteiger partial charge on any atom is 0.352 e. The summed E-state index contributed by atoms with van der Waals surface area (Å²) in [6.45, 7) is 0. The molecule has 0 bridgehead atoms. The predicted molar refractivity (Wildman–Crippen MR) is 71.3 cm³/mol. The maximum absolute atomic E-state index is 11.1. The minimum absolute atomic E-state index is 0.269. The quantitative estimate of drug-likeness (QED) is 0.923.